The average molecular weight is 365 g/mol. The van der Waals surface area contributed by atoms with Crippen molar-refractivity contribution in [2.75, 3.05) is 0 Å². The van der Waals surface area contributed by atoms with Crippen molar-refractivity contribution in [2.45, 2.75) is 5.88 Å². The molecular formula is C21H13ClO4. The van der Waals surface area contributed by atoms with Crippen LogP contribution in [0.2, 0.25) is 0 Å². The Bertz CT molecular complexity index is 1190. The van der Waals surface area contributed by atoms with Crippen molar-refractivity contribution >= 4 is 39.3 Å². The molecule has 0 saturated carbocycles. The SMILES string of the molecule is O=C(Oc1cccc2ccccc12)c1cc2cc(CCl)ccc2oc1=O. The van der Waals surface area contributed by atoms with Gasteiger partial charge < -0.3 is 9.15 Å². The molecule has 1 heterocycles. The third kappa shape index (κ3) is 2.95. The lowest BCUT2D eigenvalue weighted by molar-refractivity contribution is 0.0733. The van der Waals surface area contributed by atoms with Crippen LogP contribution in [0.5, 0.6) is 5.75 Å². The van der Waals surface area contributed by atoms with Gasteiger partial charge in [-0.2, -0.15) is 0 Å². The number of benzene rings is 3. The molecule has 0 aliphatic heterocycles. The Morgan fingerprint density at radius 1 is 0.962 bits per heavy atom. The van der Waals surface area contributed by atoms with E-state index < -0.39 is 11.6 Å². The maximum Gasteiger partial charge on any atom is 0.351 e. The van der Waals surface area contributed by atoms with Gasteiger partial charge in [-0.3, -0.25) is 0 Å². The quantitative estimate of drug-likeness (QED) is 0.224. The topological polar surface area (TPSA) is 56.5 Å². The highest BCUT2D eigenvalue weighted by atomic mass is 35.5. The molecule has 4 rings (SSSR count). The molecule has 0 aliphatic rings. The highest BCUT2D eigenvalue weighted by molar-refractivity contribution is 6.17. The van der Waals surface area contributed by atoms with Gasteiger partial charge in [0.25, 0.3) is 0 Å². The van der Waals surface area contributed by atoms with Crippen LogP contribution in [0.1, 0.15) is 15.9 Å². The van der Waals surface area contributed by atoms with Crippen LogP contribution >= 0.6 is 11.6 Å². The second-order valence-electron chi connectivity index (χ2n) is 5.82. The number of halogens is 1. The first-order valence-electron chi connectivity index (χ1n) is 7.98. The summed E-state index contributed by atoms with van der Waals surface area (Å²) in [6.07, 6.45) is 0. The van der Waals surface area contributed by atoms with Crippen molar-refractivity contribution in [1.82, 2.24) is 0 Å². The number of rotatable bonds is 3. The predicted octanol–water partition coefficient (Wildman–Crippen LogP) is 4.90. The van der Waals surface area contributed by atoms with Crippen LogP contribution in [0.4, 0.5) is 0 Å². The zero-order valence-corrected chi connectivity index (χ0v) is 14.3. The summed E-state index contributed by atoms with van der Waals surface area (Å²) < 4.78 is 10.7. The summed E-state index contributed by atoms with van der Waals surface area (Å²) in [7, 11) is 0. The summed E-state index contributed by atoms with van der Waals surface area (Å²) in [5.74, 6) is -0.0411. The monoisotopic (exact) mass is 364 g/mol. The van der Waals surface area contributed by atoms with Crippen molar-refractivity contribution in [2.24, 2.45) is 0 Å². The maximum atomic E-state index is 12.6. The van der Waals surface area contributed by atoms with E-state index in [0.717, 1.165) is 16.3 Å². The van der Waals surface area contributed by atoms with Crippen molar-refractivity contribution in [3.63, 3.8) is 0 Å². The van der Waals surface area contributed by atoms with Crippen LogP contribution in [-0.4, -0.2) is 5.97 Å². The van der Waals surface area contributed by atoms with Crippen LogP contribution in [-0.2, 0) is 5.88 Å². The van der Waals surface area contributed by atoms with Crippen LogP contribution in [0, 0.1) is 0 Å². The van der Waals surface area contributed by atoms with Gasteiger partial charge in [-0.25, -0.2) is 9.59 Å². The summed E-state index contributed by atoms with van der Waals surface area (Å²) >= 11 is 5.84. The van der Waals surface area contributed by atoms with Gasteiger partial charge in [0.2, 0.25) is 0 Å². The number of alkyl halides is 1. The molecule has 0 amide bonds. The molecule has 0 unspecified atom stereocenters. The lowest BCUT2D eigenvalue weighted by Gasteiger charge is -2.08. The molecule has 0 bridgehead atoms. The van der Waals surface area contributed by atoms with Gasteiger partial charge in [0.15, 0.2) is 0 Å². The summed E-state index contributed by atoms with van der Waals surface area (Å²) in [6.45, 7) is 0. The minimum absolute atomic E-state index is 0.155. The molecule has 1 aromatic heterocycles. The van der Waals surface area contributed by atoms with E-state index in [0.29, 0.717) is 22.6 Å². The highest BCUT2D eigenvalue weighted by Crippen LogP contribution is 2.26. The van der Waals surface area contributed by atoms with Crippen molar-refractivity contribution < 1.29 is 13.9 Å². The third-order valence-electron chi connectivity index (χ3n) is 4.12. The van der Waals surface area contributed by atoms with Crippen molar-refractivity contribution in [3.8, 4) is 5.75 Å². The Hall–Kier alpha value is -3.11. The van der Waals surface area contributed by atoms with E-state index in [1.165, 1.54) is 6.07 Å². The van der Waals surface area contributed by atoms with Crippen LogP contribution < -0.4 is 10.4 Å². The number of hydrogen-bond acceptors (Lipinski definition) is 4. The Labute approximate surface area is 153 Å². The fourth-order valence-corrected chi connectivity index (χ4v) is 3.00. The van der Waals surface area contributed by atoms with Gasteiger partial charge in [-0.1, -0.05) is 42.5 Å². The van der Waals surface area contributed by atoms with Crippen LogP contribution in [0.3, 0.4) is 0 Å². The number of fused-ring (bicyclic) bond motifs is 2. The lowest BCUT2D eigenvalue weighted by Crippen LogP contribution is -2.18. The van der Waals surface area contributed by atoms with Crippen LogP contribution in [0.15, 0.2) is 75.9 Å². The highest BCUT2D eigenvalue weighted by Gasteiger charge is 2.17. The molecule has 128 valence electrons. The standard InChI is InChI=1S/C21H13ClO4/c22-12-13-8-9-18-15(10-13)11-17(20(23)25-18)21(24)26-19-7-3-5-14-4-1-2-6-16(14)19/h1-11H,12H2. The Morgan fingerprint density at radius 3 is 2.62 bits per heavy atom. The summed E-state index contributed by atoms with van der Waals surface area (Å²) in [4.78, 5) is 24.8. The molecule has 4 nitrogen and oxygen atoms in total. The summed E-state index contributed by atoms with van der Waals surface area (Å²) in [5, 5.41) is 2.35. The van der Waals surface area contributed by atoms with E-state index in [4.69, 9.17) is 20.8 Å². The molecule has 0 fully saturated rings. The zero-order chi connectivity index (χ0) is 18.1. The van der Waals surface area contributed by atoms with Gasteiger partial charge >= 0.3 is 11.6 Å². The number of ether oxygens (including phenoxy) is 1. The second-order valence-corrected chi connectivity index (χ2v) is 6.09. The Morgan fingerprint density at radius 2 is 1.77 bits per heavy atom. The molecule has 0 spiro atoms. The maximum absolute atomic E-state index is 12.6. The molecular weight excluding hydrogens is 352 g/mol. The molecule has 3 aromatic carbocycles. The van der Waals surface area contributed by atoms with Gasteiger partial charge in [-0.15, -0.1) is 11.6 Å². The summed E-state index contributed by atoms with van der Waals surface area (Å²) in [5.41, 5.74) is 0.366. The zero-order valence-electron chi connectivity index (χ0n) is 13.6. The molecule has 26 heavy (non-hydrogen) atoms. The fourth-order valence-electron chi connectivity index (χ4n) is 2.84. The van der Waals surface area contributed by atoms with Gasteiger partial charge in [0.05, 0.1) is 0 Å². The largest absolute Gasteiger partial charge is 0.422 e. The second kappa shape index (κ2) is 6.65. The van der Waals surface area contributed by atoms with Crippen LogP contribution in [0.25, 0.3) is 21.7 Å². The lowest BCUT2D eigenvalue weighted by atomic mass is 10.1. The Kier molecular flexibility index (Phi) is 4.19. The van der Waals surface area contributed by atoms with Gasteiger partial charge in [0.1, 0.15) is 16.9 Å². The van der Waals surface area contributed by atoms with E-state index in [1.54, 1.807) is 30.3 Å². The number of hydrogen-bond donors (Lipinski definition) is 0. The van der Waals surface area contributed by atoms with E-state index in [2.05, 4.69) is 0 Å². The molecule has 5 heteroatoms. The van der Waals surface area contributed by atoms with Crippen molar-refractivity contribution in [1.29, 1.82) is 0 Å². The first-order chi connectivity index (χ1) is 12.7. The normalized spacial score (nSPS) is 11.0. The number of carbonyl (C=O) groups excluding carboxylic acids is 1. The number of carbonyl (C=O) groups is 1. The van der Waals surface area contributed by atoms with E-state index in [9.17, 15) is 9.59 Å². The fraction of sp³-hybridized carbons (Fsp3) is 0.0476. The molecule has 0 N–H and O–H groups in total. The van der Waals surface area contributed by atoms with E-state index >= 15 is 0 Å². The summed E-state index contributed by atoms with van der Waals surface area (Å²) in [6, 6.07) is 19.6. The van der Waals surface area contributed by atoms with Crippen molar-refractivity contribution in [3.05, 3.63) is 88.3 Å². The Balaban J connectivity index is 1.75. The smallest absolute Gasteiger partial charge is 0.351 e. The van der Waals surface area contributed by atoms with Gasteiger partial charge in [0, 0.05) is 16.7 Å². The molecule has 4 aromatic rings. The van der Waals surface area contributed by atoms with E-state index in [-0.39, 0.29) is 5.56 Å². The number of esters is 1. The average Bonchev–Trinajstić information content (AvgIpc) is 2.67. The van der Waals surface area contributed by atoms with E-state index in [1.807, 2.05) is 30.3 Å². The third-order valence-corrected chi connectivity index (χ3v) is 4.43. The van der Waals surface area contributed by atoms with Gasteiger partial charge in [-0.05, 0) is 35.2 Å². The molecule has 0 radical (unpaired) electrons. The predicted molar refractivity (Wildman–Crippen MR) is 101 cm³/mol. The first kappa shape index (κ1) is 16.4. The molecule has 0 aliphatic carbocycles. The molecule has 0 saturated heterocycles. The first-order valence-corrected chi connectivity index (χ1v) is 8.52. The minimum Gasteiger partial charge on any atom is -0.422 e. The molecule has 0 atom stereocenters. The minimum atomic E-state index is -0.756.